The molecule has 23 heavy (non-hydrogen) atoms. The van der Waals surface area contributed by atoms with E-state index >= 15 is 0 Å². The van der Waals surface area contributed by atoms with Crippen LogP contribution in [0.3, 0.4) is 0 Å². The van der Waals surface area contributed by atoms with Crippen LogP contribution in [-0.2, 0) is 10.2 Å². The third-order valence-corrected chi connectivity index (χ3v) is 4.80. The number of amides is 1. The van der Waals surface area contributed by atoms with E-state index in [0.717, 1.165) is 29.5 Å². The zero-order valence-corrected chi connectivity index (χ0v) is 13.5. The molecule has 4 rings (SSSR count). The highest BCUT2D eigenvalue weighted by Gasteiger charge is 2.52. The standard InChI is InChI=1S/C17H12Cl2N2O2/c18-11-7-10(20-9-22)8-12(19)15(11)17(5-6-17)16-21-13-3-1-2-4-14(13)23-16/h1-4,7-9H,5-6H2,(H,20,22). The van der Waals surface area contributed by atoms with E-state index in [1.54, 1.807) is 12.1 Å². The normalized spacial score (nSPS) is 15.6. The first-order chi connectivity index (χ1) is 11.1. The molecule has 1 aliphatic rings. The minimum Gasteiger partial charge on any atom is -0.440 e. The summed E-state index contributed by atoms with van der Waals surface area (Å²) in [5.41, 5.74) is 2.56. The Balaban J connectivity index is 1.84. The fourth-order valence-electron chi connectivity index (χ4n) is 2.95. The Morgan fingerprint density at radius 2 is 1.87 bits per heavy atom. The quantitative estimate of drug-likeness (QED) is 0.691. The number of nitrogens with zero attached hydrogens (tertiary/aromatic N) is 1. The summed E-state index contributed by atoms with van der Waals surface area (Å²) < 4.78 is 5.94. The van der Waals surface area contributed by atoms with Crippen LogP contribution in [0.5, 0.6) is 0 Å². The molecule has 1 N–H and O–H groups in total. The zero-order chi connectivity index (χ0) is 16.0. The molecular weight excluding hydrogens is 335 g/mol. The number of carbonyl (C=O) groups excluding carboxylic acids is 1. The number of hydrogen-bond donors (Lipinski definition) is 1. The van der Waals surface area contributed by atoms with E-state index in [9.17, 15) is 4.79 Å². The summed E-state index contributed by atoms with van der Waals surface area (Å²) in [6.45, 7) is 0. The maximum Gasteiger partial charge on any atom is 0.211 e. The third kappa shape index (κ3) is 2.30. The number of halogens is 2. The molecule has 4 nitrogen and oxygen atoms in total. The van der Waals surface area contributed by atoms with Gasteiger partial charge in [-0.25, -0.2) is 4.98 Å². The van der Waals surface area contributed by atoms with Crippen LogP contribution in [0, 0.1) is 0 Å². The number of aromatic nitrogens is 1. The number of fused-ring (bicyclic) bond motifs is 1. The summed E-state index contributed by atoms with van der Waals surface area (Å²) in [5, 5.41) is 3.56. The van der Waals surface area contributed by atoms with Crippen LogP contribution in [0.25, 0.3) is 11.1 Å². The van der Waals surface area contributed by atoms with Gasteiger partial charge < -0.3 is 9.73 Å². The predicted octanol–water partition coefficient (Wildman–Crippen LogP) is 4.78. The topological polar surface area (TPSA) is 55.1 Å². The molecular formula is C17H12Cl2N2O2. The van der Waals surface area contributed by atoms with Gasteiger partial charge in [0.05, 0.1) is 5.41 Å². The Hall–Kier alpha value is -2.04. The molecule has 0 bridgehead atoms. The zero-order valence-electron chi connectivity index (χ0n) is 12.0. The van der Waals surface area contributed by atoms with Gasteiger partial charge in [0.1, 0.15) is 5.52 Å². The first-order valence-electron chi connectivity index (χ1n) is 7.20. The Bertz CT molecular complexity index is 860. The number of hydrogen-bond acceptors (Lipinski definition) is 3. The lowest BCUT2D eigenvalue weighted by atomic mass is 9.95. The number of carbonyl (C=O) groups is 1. The molecule has 3 aromatic rings. The molecule has 0 unspecified atom stereocenters. The van der Waals surface area contributed by atoms with Gasteiger partial charge in [0, 0.05) is 21.3 Å². The van der Waals surface area contributed by atoms with E-state index in [2.05, 4.69) is 10.3 Å². The first kappa shape index (κ1) is 14.5. The molecule has 1 fully saturated rings. The summed E-state index contributed by atoms with van der Waals surface area (Å²) in [6.07, 6.45) is 2.34. The van der Waals surface area contributed by atoms with Crippen LogP contribution >= 0.6 is 23.2 Å². The number of para-hydroxylation sites is 2. The van der Waals surface area contributed by atoms with Crippen molar-refractivity contribution in [1.82, 2.24) is 4.98 Å². The molecule has 116 valence electrons. The highest BCUT2D eigenvalue weighted by atomic mass is 35.5. The number of oxazole rings is 1. The van der Waals surface area contributed by atoms with Gasteiger partial charge in [0.15, 0.2) is 5.58 Å². The molecule has 0 aliphatic heterocycles. The number of benzene rings is 2. The largest absolute Gasteiger partial charge is 0.440 e. The lowest BCUT2D eigenvalue weighted by molar-refractivity contribution is -0.105. The van der Waals surface area contributed by atoms with Crippen molar-refractivity contribution in [3.05, 3.63) is 57.9 Å². The fraction of sp³-hybridized carbons (Fsp3) is 0.176. The molecule has 0 radical (unpaired) electrons. The first-order valence-corrected chi connectivity index (χ1v) is 7.95. The van der Waals surface area contributed by atoms with Crippen LogP contribution in [0.15, 0.2) is 40.8 Å². The van der Waals surface area contributed by atoms with Crippen molar-refractivity contribution in [2.24, 2.45) is 0 Å². The lowest BCUT2D eigenvalue weighted by Crippen LogP contribution is -2.11. The summed E-state index contributed by atoms with van der Waals surface area (Å²) >= 11 is 12.9. The van der Waals surface area contributed by atoms with Gasteiger partial charge in [-0.1, -0.05) is 35.3 Å². The monoisotopic (exact) mass is 346 g/mol. The second-order valence-electron chi connectivity index (χ2n) is 5.65. The predicted molar refractivity (Wildman–Crippen MR) is 90.2 cm³/mol. The Labute approximate surface area is 142 Å². The summed E-state index contributed by atoms with van der Waals surface area (Å²) in [6, 6.07) is 11.0. The van der Waals surface area contributed by atoms with Crippen molar-refractivity contribution in [2.45, 2.75) is 18.3 Å². The fourth-order valence-corrected chi connectivity index (χ4v) is 3.80. The van der Waals surface area contributed by atoms with Gasteiger partial charge in [-0.05, 0) is 37.1 Å². The molecule has 0 atom stereocenters. The van der Waals surface area contributed by atoms with Crippen molar-refractivity contribution >= 4 is 46.4 Å². The van der Waals surface area contributed by atoms with Gasteiger partial charge in [-0.3, -0.25) is 4.79 Å². The molecule has 0 spiro atoms. The summed E-state index contributed by atoms with van der Waals surface area (Å²) in [7, 11) is 0. The van der Waals surface area contributed by atoms with Crippen molar-refractivity contribution in [3.63, 3.8) is 0 Å². The van der Waals surface area contributed by atoms with Crippen molar-refractivity contribution in [2.75, 3.05) is 5.32 Å². The van der Waals surface area contributed by atoms with Crippen molar-refractivity contribution < 1.29 is 9.21 Å². The van der Waals surface area contributed by atoms with Crippen LogP contribution in [0.4, 0.5) is 5.69 Å². The molecule has 2 aromatic carbocycles. The van der Waals surface area contributed by atoms with Gasteiger partial charge in [-0.15, -0.1) is 0 Å². The average Bonchev–Trinajstić information content (AvgIpc) is 3.18. The smallest absolute Gasteiger partial charge is 0.211 e. The molecule has 1 aliphatic carbocycles. The highest BCUT2D eigenvalue weighted by molar-refractivity contribution is 6.37. The Morgan fingerprint density at radius 1 is 1.17 bits per heavy atom. The van der Waals surface area contributed by atoms with Crippen LogP contribution in [0.2, 0.25) is 10.0 Å². The summed E-state index contributed by atoms with van der Waals surface area (Å²) in [4.78, 5) is 15.2. The third-order valence-electron chi connectivity index (χ3n) is 4.20. The highest BCUT2D eigenvalue weighted by Crippen LogP contribution is 2.57. The van der Waals surface area contributed by atoms with E-state index in [-0.39, 0.29) is 5.41 Å². The van der Waals surface area contributed by atoms with E-state index < -0.39 is 0 Å². The number of nitrogens with one attached hydrogen (secondary N) is 1. The number of rotatable bonds is 4. The second-order valence-corrected chi connectivity index (χ2v) is 6.46. The van der Waals surface area contributed by atoms with Gasteiger partial charge in [-0.2, -0.15) is 0 Å². The maximum absolute atomic E-state index is 10.6. The molecule has 6 heteroatoms. The van der Waals surface area contributed by atoms with Crippen molar-refractivity contribution in [3.8, 4) is 0 Å². The molecule has 1 aromatic heterocycles. The van der Waals surface area contributed by atoms with Crippen LogP contribution < -0.4 is 5.32 Å². The minimum atomic E-state index is -0.382. The maximum atomic E-state index is 10.6. The molecule has 1 heterocycles. The average molecular weight is 347 g/mol. The number of anilines is 1. The SMILES string of the molecule is O=CNc1cc(Cl)c(C2(c3nc4ccccc4o3)CC2)c(Cl)c1. The van der Waals surface area contributed by atoms with Crippen LogP contribution in [0.1, 0.15) is 24.3 Å². The second kappa shape index (κ2) is 5.25. The molecule has 1 saturated carbocycles. The van der Waals surface area contributed by atoms with Crippen molar-refractivity contribution in [1.29, 1.82) is 0 Å². The van der Waals surface area contributed by atoms with Gasteiger partial charge >= 0.3 is 0 Å². The van der Waals surface area contributed by atoms with E-state index in [1.807, 2.05) is 24.3 Å². The van der Waals surface area contributed by atoms with Gasteiger partial charge in [0.2, 0.25) is 12.3 Å². The molecule has 0 saturated heterocycles. The van der Waals surface area contributed by atoms with Gasteiger partial charge in [0.25, 0.3) is 0 Å². The Kier molecular flexibility index (Phi) is 3.32. The van der Waals surface area contributed by atoms with Crippen LogP contribution in [-0.4, -0.2) is 11.4 Å². The van der Waals surface area contributed by atoms with E-state index in [4.69, 9.17) is 27.6 Å². The minimum absolute atomic E-state index is 0.382. The Morgan fingerprint density at radius 3 is 2.48 bits per heavy atom. The molecule has 1 amide bonds. The summed E-state index contributed by atoms with van der Waals surface area (Å²) in [5.74, 6) is 0.638. The van der Waals surface area contributed by atoms with E-state index in [0.29, 0.717) is 28.0 Å². The lowest BCUT2D eigenvalue weighted by Gasteiger charge is -2.16. The van der Waals surface area contributed by atoms with E-state index in [1.165, 1.54) is 0 Å².